The molecule has 1 heterocycles. The lowest BCUT2D eigenvalue weighted by Crippen LogP contribution is -2.25. The van der Waals surface area contributed by atoms with Gasteiger partial charge in [-0.25, -0.2) is 8.78 Å². The quantitative estimate of drug-likeness (QED) is 0.421. The molecule has 1 atom stereocenters. The third-order valence-electron chi connectivity index (χ3n) is 6.00. The second kappa shape index (κ2) is 14.7. The van der Waals surface area contributed by atoms with Crippen molar-refractivity contribution in [3.8, 4) is 0 Å². The van der Waals surface area contributed by atoms with Gasteiger partial charge in [0, 0.05) is 24.1 Å². The van der Waals surface area contributed by atoms with Crippen molar-refractivity contribution < 1.29 is 18.4 Å². The Labute approximate surface area is 199 Å². The van der Waals surface area contributed by atoms with Gasteiger partial charge in [-0.15, -0.1) is 0 Å². The Morgan fingerprint density at radius 1 is 1.03 bits per heavy atom. The first kappa shape index (κ1) is 30.6. The lowest BCUT2D eigenvalue weighted by molar-refractivity contribution is -0.116. The Kier molecular flexibility index (Phi) is 13.6. The molecule has 0 bridgehead atoms. The van der Waals surface area contributed by atoms with Crippen LogP contribution in [0.5, 0.6) is 0 Å². The van der Waals surface area contributed by atoms with E-state index in [2.05, 4.69) is 43.1 Å². The fourth-order valence-electron chi connectivity index (χ4n) is 4.10. The van der Waals surface area contributed by atoms with Crippen molar-refractivity contribution in [1.29, 1.82) is 0 Å². The molecule has 0 saturated heterocycles. The summed E-state index contributed by atoms with van der Waals surface area (Å²) in [5.74, 6) is -2.57. The molecule has 1 aliphatic rings. The van der Waals surface area contributed by atoms with E-state index in [-0.39, 0.29) is 22.2 Å². The summed E-state index contributed by atoms with van der Waals surface area (Å²) in [6, 6.07) is 9.80. The largest absolute Gasteiger partial charge is 0.303 e. The summed E-state index contributed by atoms with van der Waals surface area (Å²) in [7, 11) is 0. The van der Waals surface area contributed by atoms with Crippen molar-refractivity contribution in [1.82, 2.24) is 4.98 Å². The van der Waals surface area contributed by atoms with Gasteiger partial charge in [0.25, 0.3) is 5.92 Å². The van der Waals surface area contributed by atoms with Gasteiger partial charge in [-0.3, -0.25) is 9.78 Å². The smallest absolute Gasteiger partial charge is 0.270 e. The third-order valence-corrected chi connectivity index (χ3v) is 6.00. The van der Waals surface area contributed by atoms with Crippen LogP contribution in [0, 0.1) is 19.3 Å². The zero-order chi connectivity index (χ0) is 25.7. The number of aryl methyl sites for hydroxylation is 1. The number of hydrogen-bond donors (Lipinski definition) is 0. The molecule has 5 heteroatoms. The van der Waals surface area contributed by atoms with Crippen LogP contribution in [-0.2, 0) is 10.7 Å². The van der Waals surface area contributed by atoms with Gasteiger partial charge in [0.05, 0.1) is 0 Å². The number of halogens is 2. The highest BCUT2D eigenvalue weighted by atomic mass is 19.3. The van der Waals surface area contributed by atoms with Crippen LogP contribution in [0.2, 0.25) is 0 Å². The number of pyridine rings is 1. The zero-order valence-electron chi connectivity index (χ0n) is 21.5. The highest BCUT2D eigenvalue weighted by Crippen LogP contribution is 2.47. The van der Waals surface area contributed by atoms with E-state index >= 15 is 0 Å². The summed E-state index contributed by atoms with van der Waals surface area (Å²) in [4.78, 5) is 25.5. The molecular weight excluding hydrogens is 420 g/mol. The molecule has 1 saturated carbocycles. The number of alkyl halides is 2. The molecule has 3 nitrogen and oxygen atoms in total. The van der Waals surface area contributed by atoms with E-state index < -0.39 is 5.92 Å². The summed E-state index contributed by atoms with van der Waals surface area (Å²) in [6.07, 6.45) is 7.43. The Bertz CT molecular complexity index is 853. The molecule has 33 heavy (non-hydrogen) atoms. The Morgan fingerprint density at radius 2 is 1.61 bits per heavy atom. The zero-order valence-corrected chi connectivity index (χ0v) is 21.5. The van der Waals surface area contributed by atoms with Crippen LogP contribution in [0.4, 0.5) is 8.78 Å². The molecule has 3 rings (SSSR count). The van der Waals surface area contributed by atoms with Crippen LogP contribution in [0.15, 0.2) is 36.5 Å². The number of carbonyl (C=O) groups is 2. The maximum absolute atomic E-state index is 12.9. The summed E-state index contributed by atoms with van der Waals surface area (Å²) in [5.41, 5.74) is 2.67. The van der Waals surface area contributed by atoms with E-state index in [1.165, 1.54) is 49.4 Å². The van der Waals surface area contributed by atoms with E-state index in [0.717, 1.165) is 19.8 Å². The Morgan fingerprint density at radius 3 is 2.06 bits per heavy atom. The van der Waals surface area contributed by atoms with E-state index in [1.54, 1.807) is 0 Å². The molecule has 0 radical (unpaired) electrons. The molecule has 1 unspecified atom stereocenters. The molecule has 0 amide bonds. The lowest BCUT2D eigenvalue weighted by Gasteiger charge is -2.30. The maximum atomic E-state index is 12.9. The maximum Gasteiger partial charge on any atom is 0.270 e. The first-order chi connectivity index (χ1) is 15.6. The first-order valence-corrected chi connectivity index (χ1v) is 12.0. The van der Waals surface area contributed by atoms with E-state index in [9.17, 15) is 18.4 Å². The molecule has 0 N–H and O–H groups in total. The predicted octanol–water partition coefficient (Wildman–Crippen LogP) is 8.22. The second-order valence-electron chi connectivity index (χ2n) is 8.07. The molecule has 1 aliphatic carbocycles. The van der Waals surface area contributed by atoms with Crippen molar-refractivity contribution in [2.75, 3.05) is 0 Å². The van der Waals surface area contributed by atoms with Crippen molar-refractivity contribution in [2.24, 2.45) is 5.41 Å². The summed E-state index contributed by atoms with van der Waals surface area (Å²) in [6.45, 7) is 14.6. The van der Waals surface area contributed by atoms with E-state index in [0.29, 0.717) is 12.2 Å². The summed E-state index contributed by atoms with van der Waals surface area (Å²) in [5, 5.41) is 0. The van der Waals surface area contributed by atoms with Crippen molar-refractivity contribution >= 4 is 12.6 Å². The van der Waals surface area contributed by atoms with Gasteiger partial charge in [0.1, 0.15) is 12.0 Å². The van der Waals surface area contributed by atoms with Crippen LogP contribution in [0.3, 0.4) is 0 Å². The van der Waals surface area contributed by atoms with Crippen LogP contribution >= 0.6 is 0 Å². The minimum Gasteiger partial charge on any atom is -0.303 e. The summed E-state index contributed by atoms with van der Waals surface area (Å²) >= 11 is 0. The molecule has 2 aromatic rings. The van der Waals surface area contributed by atoms with Crippen molar-refractivity contribution in [3.63, 3.8) is 0 Å². The number of carbonyl (C=O) groups excluding carboxylic acids is 2. The van der Waals surface area contributed by atoms with Crippen LogP contribution in [0.1, 0.15) is 106 Å². The molecule has 1 aromatic carbocycles. The van der Waals surface area contributed by atoms with Gasteiger partial charge >= 0.3 is 0 Å². The van der Waals surface area contributed by atoms with Gasteiger partial charge in [-0.2, -0.15) is 0 Å². The van der Waals surface area contributed by atoms with Crippen molar-refractivity contribution in [3.05, 3.63) is 64.5 Å². The van der Waals surface area contributed by atoms with E-state index in [4.69, 9.17) is 0 Å². The lowest BCUT2D eigenvalue weighted by atomic mass is 9.72. The highest BCUT2D eigenvalue weighted by Gasteiger charge is 2.39. The average molecular weight is 462 g/mol. The van der Waals surface area contributed by atoms with Gasteiger partial charge in [-0.05, 0) is 49.8 Å². The van der Waals surface area contributed by atoms with Crippen LogP contribution < -0.4 is 0 Å². The minimum atomic E-state index is -2.93. The average Bonchev–Trinajstić information content (AvgIpc) is 3.31. The van der Waals surface area contributed by atoms with Crippen molar-refractivity contribution in [2.45, 2.75) is 92.9 Å². The second-order valence-corrected chi connectivity index (χ2v) is 8.07. The van der Waals surface area contributed by atoms with Gasteiger partial charge in [-0.1, -0.05) is 77.3 Å². The molecule has 1 fully saturated rings. The fourth-order valence-corrected chi connectivity index (χ4v) is 4.10. The molecule has 184 valence electrons. The SMILES string of the molecule is CC.CC.Cc1c(C(C)(F)F)ccnc1C=O.Cc1cccc(C(C)C2(C=O)CCCC2)c1. The molecule has 1 aromatic heterocycles. The molecule has 0 spiro atoms. The summed E-state index contributed by atoms with van der Waals surface area (Å²) < 4.78 is 25.8. The standard InChI is InChI=1S/C15H20O.C9H9F2NO.2C2H6/c1-12-6-5-7-14(10-12)13(2)15(11-16)8-3-4-9-15;1-6-7(9(2,10)11)3-4-12-8(6)5-13;2*1-2/h5-7,10-11,13H,3-4,8-9H2,1-2H3;3-5H,1-2H3;2*1-2H3. The predicted molar refractivity (Wildman–Crippen MR) is 133 cm³/mol. The minimum absolute atomic E-state index is 0.0685. The Hall–Kier alpha value is -2.43. The number of aromatic nitrogens is 1. The number of benzene rings is 1. The number of nitrogens with zero attached hydrogens (tertiary/aromatic N) is 1. The number of aldehydes is 2. The van der Waals surface area contributed by atoms with Gasteiger partial charge in [0.2, 0.25) is 0 Å². The molecular formula is C28H41F2NO2. The number of rotatable bonds is 5. The molecule has 0 aliphatic heterocycles. The fraction of sp³-hybridized carbons (Fsp3) is 0.536. The van der Waals surface area contributed by atoms with Crippen LogP contribution in [-0.4, -0.2) is 17.6 Å². The monoisotopic (exact) mass is 461 g/mol. The van der Waals surface area contributed by atoms with E-state index in [1.807, 2.05) is 27.7 Å². The normalized spacial score (nSPS) is 14.8. The Balaban J connectivity index is 0.000000549. The first-order valence-electron chi connectivity index (χ1n) is 12.0. The number of hydrogen-bond acceptors (Lipinski definition) is 3. The van der Waals surface area contributed by atoms with Gasteiger partial charge in [0.15, 0.2) is 6.29 Å². The van der Waals surface area contributed by atoms with Crippen LogP contribution in [0.25, 0.3) is 0 Å². The third kappa shape index (κ3) is 8.45. The topological polar surface area (TPSA) is 47.0 Å². The highest BCUT2D eigenvalue weighted by molar-refractivity contribution is 5.74. The van der Waals surface area contributed by atoms with Gasteiger partial charge < -0.3 is 4.79 Å².